The molecule has 0 heterocycles. The van der Waals surface area contributed by atoms with E-state index in [-0.39, 0.29) is 5.75 Å². The molecule has 3 rings (SSSR count). The van der Waals surface area contributed by atoms with Crippen molar-refractivity contribution in [1.82, 2.24) is 0 Å². The summed E-state index contributed by atoms with van der Waals surface area (Å²) in [6.45, 7) is 4.00. The molecule has 0 saturated carbocycles. The Morgan fingerprint density at radius 1 is 0.750 bits per heavy atom. The summed E-state index contributed by atoms with van der Waals surface area (Å²) in [6, 6.07) is 19.5. The summed E-state index contributed by atoms with van der Waals surface area (Å²) in [4.78, 5) is 0. The van der Waals surface area contributed by atoms with Crippen LogP contribution in [0.5, 0.6) is 11.5 Å². The lowest BCUT2D eigenvalue weighted by molar-refractivity contribution is 0.412. The van der Waals surface area contributed by atoms with Crippen LogP contribution in [0.3, 0.4) is 0 Å². The van der Waals surface area contributed by atoms with Gasteiger partial charge < -0.3 is 14.8 Å². The molecule has 0 atom stereocenters. The van der Waals surface area contributed by atoms with Crippen LogP contribution in [-0.2, 0) is 0 Å². The Kier molecular flexibility index (Phi) is 4.58. The normalized spacial score (nSPS) is 10.5. The second-order valence-electron chi connectivity index (χ2n) is 5.68. The molecule has 0 saturated heterocycles. The molecule has 3 nitrogen and oxygen atoms in total. The maximum Gasteiger partial charge on any atom is 0.504 e. The maximum absolute atomic E-state index is 10.9. The van der Waals surface area contributed by atoms with E-state index in [1.807, 2.05) is 74.5 Å². The fourth-order valence-corrected chi connectivity index (χ4v) is 3.07. The molecule has 0 spiro atoms. The van der Waals surface area contributed by atoms with Crippen LogP contribution in [0.15, 0.2) is 60.7 Å². The van der Waals surface area contributed by atoms with E-state index in [1.54, 1.807) is 0 Å². The third-order valence-corrected chi connectivity index (χ3v) is 4.33. The van der Waals surface area contributed by atoms with E-state index in [1.165, 1.54) is 0 Å². The standard InChI is InChI=1S/C20H19BO3/c1-13-14(2)18(16-11-7-4-8-12-16)20(24-21-23)19(22)17(13)15-9-5-3-6-10-15/h3-12,21-23H,1-2H3. The zero-order chi connectivity index (χ0) is 17.1. The highest BCUT2D eigenvalue weighted by molar-refractivity contribution is 6.18. The summed E-state index contributed by atoms with van der Waals surface area (Å²) in [5, 5.41) is 20.2. The Bertz CT molecular complexity index is 846. The molecule has 0 bridgehead atoms. The summed E-state index contributed by atoms with van der Waals surface area (Å²) in [7, 11) is -0.496. The third kappa shape index (κ3) is 2.77. The highest BCUT2D eigenvalue weighted by atomic mass is 16.5. The van der Waals surface area contributed by atoms with Crippen LogP contribution in [0.2, 0.25) is 0 Å². The van der Waals surface area contributed by atoms with E-state index in [9.17, 15) is 10.1 Å². The third-order valence-electron chi connectivity index (χ3n) is 4.33. The zero-order valence-electron chi connectivity index (χ0n) is 13.8. The van der Waals surface area contributed by atoms with Gasteiger partial charge >= 0.3 is 7.69 Å². The smallest absolute Gasteiger partial charge is 0.504 e. The molecular formula is C20H19BO3. The first-order chi connectivity index (χ1) is 11.6. The number of aromatic hydroxyl groups is 1. The van der Waals surface area contributed by atoms with Crippen molar-refractivity contribution in [2.45, 2.75) is 13.8 Å². The Morgan fingerprint density at radius 2 is 1.21 bits per heavy atom. The second kappa shape index (κ2) is 6.81. The van der Waals surface area contributed by atoms with Crippen LogP contribution < -0.4 is 4.65 Å². The van der Waals surface area contributed by atoms with Crippen LogP contribution in [0, 0.1) is 13.8 Å². The van der Waals surface area contributed by atoms with Gasteiger partial charge in [-0.25, -0.2) is 0 Å². The van der Waals surface area contributed by atoms with Gasteiger partial charge in [-0.15, -0.1) is 0 Å². The number of rotatable bonds is 4. The Hall–Kier alpha value is -2.72. The molecule has 0 aliphatic carbocycles. The van der Waals surface area contributed by atoms with Gasteiger partial charge in [-0.3, -0.25) is 0 Å². The van der Waals surface area contributed by atoms with Gasteiger partial charge in [-0.05, 0) is 36.1 Å². The first-order valence-electron chi connectivity index (χ1n) is 7.85. The minimum atomic E-state index is -0.496. The zero-order valence-corrected chi connectivity index (χ0v) is 13.8. The van der Waals surface area contributed by atoms with Gasteiger partial charge in [0.1, 0.15) is 0 Å². The monoisotopic (exact) mass is 318 g/mol. The average Bonchev–Trinajstić information content (AvgIpc) is 2.62. The number of benzene rings is 3. The minimum Gasteiger partial charge on any atom is -0.536 e. The quantitative estimate of drug-likeness (QED) is 0.715. The highest BCUT2D eigenvalue weighted by Gasteiger charge is 2.22. The van der Waals surface area contributed by atoms with Gasteiger partial charge in [0.25, 0.3) is 0 Å². The molecule has 4 heteroatoms. The molecule has 3 aromatic rings. The second-order valence-corrected chi connectivity index (χ2v) is 5.68. The number of phenols is 1. The lowest BCUT2D eigenvalue weighted by Crippen LogP contribution is -2.05. The van der Waals surface area contributed by atoms with Gasteiger partial charge in [0.05, 0.1) is 0 Å². The fourth-order valence-electron chi connectivity index (χ4n) is 3.07. The van der Waals surface area contributed by atoms with Gasteiger partial charge in [0.15, 0.2) is 11.5 Å². The molecule has 2 N–H and O–H groups in total. The number of hydrogen-bond acceptors (Lipinski definition) is 3. The van der Waals surface area contributed by atoms with Crippen molar-refractivity contribution in [2.75, 3.05) is 0 Å². The Balaban J connectivity index is 2.33. The van der Waals surface area contributed by atoms with Crippen LogP contribution >= 0.6 is 0 Å². The van der Waals surface area contributed by atoms with Crippen molar-refractivity contribution in [3.8, 4) is 33.8 Å². The molecule has 3 aromatic carbocycles. The predicted molar refractivity (Wildman–Crippen MR) is 98.4 cm³/mol. The number of phenolic OH excluding ortho intramolecular Hbond substituents is 1. The van der Waals surface area contributed by atoms with Gasteiger partial charge in [0, 0.05) is 11.1 Å². The fraction of sp³-hybridized carbons (Fsp3) is 0.100. The van der Waals surface area contributed by atoms with Gasteiger partial charge in [-0.1, -0.05) is 60.7 Å². The summed E-state index contributed by atoms with van der Waals surface area (Å²) < 4.78 is 5.43. The molecular weight excluding hydrogens is 299 g/mol. The van der Waals surface area contributed by atoms with Crippen molar-refractivity contribution < 1.29 is 14.8 Å². The van der Waals surface area contributed by atoms with Crippen molar-refractivity contribution in [3.05, 3.63) is 71.8 Å². The molecule has 0 aromatic heterocycles. The van der Waals surface area contributed by atoms with Crippen molar-refractivity contribution in [2.24, 2.45) is 0 Å². The molecule has 0 amide bonds. The van der Waals surface area contributed by atoms with Gasteiger partial charge in [0.2, 0.25) is 0 Å². The Labute approximate surface area is 142 Å². The van der Waals surface area contributed by atoms with Crippen LogP contribution in [0.4, 0.5) is 0 Å². The summed E-state index contributed by atoms with van der Waals surface area (Å²) in [5.41, 5.74) is 5.40. The van der Waals surface area contributed by atoms with E-state index < -0.39 is 7.69 Å². The molecule has 24 heavy (non-hydrogen) atoms. The first kappa shape index (κ1) is 16.2. The molecule has 0 fully saturated rings. The van der Waals surface area contributed by atoms with E-state index in [2.05, 4.69) is 0 Å². The van der Waals surface area contributed by atoms with Crippen LogP contribution in [0.25, 0.3) is 22.3 Å². The summed E-state index contributed by atoms with van der Waals surface area (Å²) in [6.07, 6.45) is 0. The maximum atomic E-state index is 10.9. The molecule has 0 aliphatic rings. The van der Waals surface area contributed by atoms with Crippen molar-refractivity contribution in [3.63, 3.8) is 0 Å². The molecule has 120 valence electrons. The molecule has 0 unspecified atom stereocenters. The van der Waals surface area contributed by atoms with Crippen molar-refractivity contribution in [1.29, 1.82) is 0 Å². The average molecular weight is 318 g/mol. The Morgan fingerprint density at radius 3 is 1.71 bits per heavy atom. The van der Waals surface area contributed by atoms with E-state index >= 15 is 0 Å². The number of hydrogen-bond donors (Lipinski definition) is 2. The van der Waals surface area contributed by atoms with Crippen LogP contribution in [0.1, 0.15) is 11.1 Å². The molecule has 0 radical (unpaired) electrons. The topological polar surface area (TPSA) is 49.7 Å². The predicted octanol–water partition coefficient (Wildman–Crippen LogP) is 3.98. The van der Waals surface area contributed by atoms with Crippen molar-refractivity contribution >= 4 is 7.69 Å². The lowest BCUT2D eigenvalue weighted by atomic mass is 9.88. The lowest BCUT2D eigenvalue weighted by Gasteiger charge is -2.21. The summed E-state index contributed by atoms with van der Waals surface area (Å²) >= 11 is 0. The largest absolute Gasteiger partial charge is 0.536 e. The van der Waals surface area contributed by atoms with Crippen LogP contribution in [-0.4, -0.2) is 17.8 Å². The summed E-state index contributed by atoms with van der Waals surface area (Å²) in [5.74, 6) is 0.364. The van der Waals surface area contributed by atoms with E-state index in [4.69, 9.17) is 4.65 Å². The molecule has 0 aliphatic heterocycles. The van der Waals surface area contributed by atoms with E-state index in [0.29, 0.717) is 5.75 Å². The highest BCUT2D eigenvalue weighted by Crippen LogP contribution is 2.48. The SMILES string of the molecule is Cc1c(C)c(-c2ccccc2)c(OBO)c(O)c1-c1ccccc1. The van der Waals surface area contributed by atoms with Gasteiger partial charge in [-0.2, -0.15) is 0 Å². The minimum absolute atomic E-state index is 0.0530. The van der Waals surface area contributed by atoms with E-state index in [0.717, 1.165) is 33.4 Å². The first-order valence-corrected chi connectivity index (χ1v) is 7.85.